The first-order valence-electron chi connectivity index (χ1n) is 5.06. The van der Waals surface area contributed by atoms with Crippen LogP contribution >= 0.6 is 0 Å². The number of aromatic carboxylic acids is 1. The van der Waals surface area contributed by atoms with Crippen molar-refractivity contribution in [3.63, 3.8) is 0 Å². The summed E-state index contributed by atoms with van der Waals surface area (Å²) in [6, 6.07) is 8.12. The van der Waals surface area contributed by atoms with Crippen molar-refractivity contribution >= 4 is 11.8 Å². The molecule has 0 bridgehead atoms. The van der Waals surface area contributed by atoms with Crippen LogP contribution < -0.4 is 0 Å². The predicted molar refractivity (Wildman–Crippen MR) is 60.1 cm³/mol. The number of carboxylic acid groups (broad SMARTS) is 1. The molecule has 1 N–H and O–H groups in total. The highest BCUT2D eigenvalue weighted by molar-refractivity contribution is 6.23. The molecule has 0 spiro atoms. The molecule has 0 atom stereocenters. The van der Waals surface area contributed by atoms with Gasteiger partial charge in [-0.2, -0.15) is 0 Å². The Morgan fingerprint density at radius 2 is 1.88 bits per heavy atom. The minimum Gasteiger partial charge on any atom is -0.478 e. The number of hydrogen-bond donors (Lipinski definition) is 1. The third kappa shape index (κ3) is 1.21. The van der Waals surface area contributed by atoms with Crippen LogP contribution in [0.5, 0.6) is 0 Å². The quantitative estimate of drug-likeness (QED) is 0.687. The van der Waals surface area contributed by atoms with Crippen LogP contribution in [-0.2, 0) is 0 Å². The Morgan fingerprint density at radius 3 is 2.65 bits per heavy atom. The van der Waals surface area contributed by atoms with E-state index in [2.05, 4.69) is 4.98 Å². The molecule has 0 unspecified atom stereocenters. The number of benzene rings is 1. The van der Waals surface area contributed by atoms with Gasteiger partial charge in [-0.05, 0) is 12.1 Å². The van der Waals surface area contributed by atoms with E-state index in [-0.39, 0.29) is 11.3 Å². The number of hydrogen-bond acceptors (Lipinski definition) is 3. The van der Waals surface area contributed by atoms with Crippen LogP contribution in [0.2, 0.25) is 0 Å². The summed E-state index contributed by atoms with van der Waals surface area (Å²) in [6.45, 7) is 0. The summed E-state index contributed by atoms with van der Waals surface area (Å²) in [6.07, 6.45) is 1.53. The molecular formula is C13H7NO3. The fourth-order valence-corrected chi connectivity index (χ4v) is 2.13. The summed E-state index contributed by atoms with van der Waals surface area (Å²) < 4.78 is 0. The topological polar surface area (TPSA) is 67.3 Å². The molecule has 17 heavy (non-hydrogen) atoms. The van der Waals surface area contributed by atoms with Crippen LogP contribution in [0.3, 0.4) is 0 Å². The van der Waals surface area contributed by atoms with Gasteiger partial charge in [-0.3, -0.25) is 9.78 Å². The number of fused-ring (bicyclic) bond motifs is 3. The summed E-state index contributed by atoms with van der Waals surface area (Å²) in [5, 5.41) is 9.13. The molecular weight excluding hydrogens is 218 g/mol. The Labute approximate surface area is 96.5 Å². The van der Waals surface area contributed by atoms with Crippen molar-refractivity contribution < 1.29 is 14.7 Å². The second kappa shape index (κ2) is 3.25. The highest BCUT2D eigenvalue weighted by Gasteiger charge is 2.31. The van der Waals surface area contributed by atoms with E-state index in [0.29, 0.717) is 22.4 Å². The van der Waals surface area contributed by atoms with Gasteiger partial charge in [0.05, 0.1) is 5.56 Å². The lowest BCUT2D eigenvalue weighted by Gasteiger charge is -2.03. The van der Waals surface area contributed by atoms with Crippen LogP contribution in [-0.4, -0.2) is 21.8 Å². The fraction of sp³-hybridized carbons (Fsp3) is 0. The Kier molecular flexibility index (Phi) is 1.86. The third-order valence-corrected chi connectivity index (χ3v) is 2.83. The number of carboxylic acids is 1. The molecule has 1 aromatic carbocycles. The number of carbonyl (C=O) groups excluding carboxylic acids is 1. The number of rotatable bonds is 1. The average molecular weight is 225 g/mol. The van der Waals surface area contributed by atoms with Gasteiger partial charge in [0.1, 0.15) is 5.69 Å². The summed E-state index contributed by atoms with van der Waals surface area (Å²) in [5.41, 5.74) is 1.97. The van der Waals surface area contributed by atoms with Crippen LogP contribution in [0, 0.1) is 0 Å². The van der Waals surface area contributed by atoms with Crippen molar-refractivity contribution in [2.24, 2.45) is 0 Å². The van der Waals surface area contributed by atoms with E-state index < -0.39 is 5.97 Å². The lowest BCUT2D eigenvalue weighted by Crippen LogP contribution is -2.01. The Bertz CT molecular complexity index is 661. The monoisotopic (exact) mass is 225 g/mol. The van der Waals surface area contributed by atoms with Crippen LogP contribution in [0.4, 0.5) is 0 Å². The first kappa shape index (κ1) is 9.72. The molecule has 0 aliphatic heterocycles. The van der Waals surface area contributed by atoms with Crippen molar-refractivity contribution in [3.05, 3.63) is 53.3 Å². The zero-order valence-electron chi connectivity index (χ0n) is 8.68. The zero-order valence-corrected chi connectivity index (χ0v) is 8.68. The van der Waals surface area contributed by atoms with Gasteiger partial charge in [0, 0.05) is 22.9 Å². The van der Waals surface area contributed by atoms with Crippen molar-refractivity contribution in [1.29, 1.82) is 0 Å². The van der Waals surface area contributed by atoms with Gasteiger partial charge in [-0.1, -0.05) is 18.2 Å². The molecule has 0 amide bonds. The first-order valence-corrected chi connectivity index (χ1v) is 5.06. The van der Waals surface area contributed by atoms with Crippen molar-refractivity contribution in [2.75, 3.05) is 0 Å². The van der Waals surface area contributed by atoms with E-state index in [1.54, 1.807) is 24.3 Å². The van der Waals surface area contributed by atoms with E-state index >= 15 is 0 Å². The number of pyridine rings is 1. The summed E-state index contributed by atoms with van der Waals surface area (Å²) in [5.74, 6) is -1.25. The minimum absolute atomic E-state index is 0.141. The highest BCUT2D eigenvalue weighted by Crippen LogP contribution is 2.37. The van der Waals surface area contributed by atoms with E-state index in [1.807, 2.05) is 0 Å². The van der Waals surface area contributed by atoms with Crippen molar-refractivity contribution in [1.82, 2.24) is 4.98 Å². The summed E-state index contributed by atoms with van der Waals surface area (Å²) in [4.78, 5) is 27.2. The van der Waals surface area contributed by atoms with Gasteiger partial charge in [-0.15, -0.1) is 0 Å². The van der Waals surface area contributed by atoms with Gasteiger partial charge < -0.3 is 5.11 Å². The molecule has 82 valence electrons. The molecule has 0 fully saturated rings. The summed E-state index contributed by atoms with van der Waals surface area (Å²) >= 11 is 0. The lowest BCUT2D eigenvalue weighted by molar-refractivity contribution is 0.0697. The Hall–Kier alpha value is -2.49. The molecule has 1 heterocycles. The predicted octanol–water partition coefficient (Wildman–Crippen LogP) is 1.99. The van der Waals surface area contributed by atoms with E-state index in [9.17, 15) is 9.59 Å². The molecule has 1 aromatic heterocycles. The van der Waals surface area contributed by atoms with Crippen LogP contribution in [0.25, 0.3) is 11.1 Å². The second-order valence-corrected chi connectivity index (χ2v) is 3.76. The molecule has 0 saturated carbocycles. The number of aromatic nitrogens is 1. The van der Waals surface area contributed by atoms with Gasteiger partial charge in [0.15, 0.2) is 0 Å². The second-order valence-electron chi connectivity index (χ2n) is 3.76. The van der Waals surface area contributed by atoms with E-state index in [1.165, 1.54) is 12.3 Å². The maximum atomic E-state index is 12.0. The van der Waals surface area contributed by atoms with Crippen LogP contribution in [0.1, 0.15) is 26.4 Å². The third-order valence-electron chi connectivity index (χ3n) is 2.83. The smallest absolute Gasteiger partial charge is 0.336 e. The molecule has 0 radical (unpaired) electrons. The van der Waals surface area contributed by atoms with E-state index in [0.717, 1.165) is 0 Å². The Balaban J connectivity index is 2.42. The number of nitrogens with zero attached hydrogens (tertiary/aromatic N) is 1. The molecule has 0 saturated heterocycles. The van der Waals surface area contributed by atoms with Crippen molar-refractivity contribution in [3.8, 4) is 11.1 Å². The highest BCUT2D eigenvalue weighted by atomic mass is 16.4. The fourth-order valence-electron chi connectivity index (χ4n) is 2.13. The first-order chi connectivity index (χ1) is 8.20. The number of carbonyl (C=O) groups is 2. The Morgan fingerprint density at radius 1 is 1.12 bits per heavy atom. The normalized spacial score (nSPS) is 12.1. The number of ketones is 1. The van der Waals surface area contributed by atoms with Crippen LogP contribution in [0.15, 0.2) is 36.5 Å². The lowest BCUT2D eigenvalue weighted by atomic mass is 10.0. The minimum atomic E-state index is -1.04. The SMILES string of the molecule is O=C(O)c1cccc2c1-c1cccnc1C2=O. The average Bonchev–Trinajstić information content (AvgIpc) is 2.64. The molecule has 3 rings (SSSR count). The largest absolute Gasteiger partial charge is 0.478 e. The van der Waals surface area contributed by atoms with Gasteiger partial charge >= 0.3 is 5.97 Å². The molecule has 4 nitrogen and oxygen atoms in total. The van der Waals surface area contributed by atoms with E-state index in [4.69, 9.17) is 5.11 Å². The molecule has 4 heteroatoms. The van der Waals surface area contributed by atoms with Gasteiger partial charge in [0.25, 0.3) is 0 Å². The molecule has 1 aliphatic rings. The maximum absolute atomic E-state index is 12.0. The van der Waals surface area contributed by atoms with Crippen molar-refractivity contribution in [2.45, 2.75) is 0 Å². The summed E-state index contributed by atoms with van der Waals surface area (Å²) in [7, 11) is 0. The zero-order chi connectivity index (χ0) is 12.0. The molecule has 2 aromatic rings. The van der Waals surface area contributed by atoms with Gasteiger partial charge in [0.2, 0.25) is 5.78 Å². The maximum Gasteiger partial charge on any atom is 0.336 e. The molecule has 1 aliphatic carbocycles. The van der Waals surface area contributed by atoms with Gasteiger partial charge in [-0.25, -0.2) is 4.79 Å². The standard InChI is InChI=1S/C13H7NO3/c15-12-8-3-1-4-9(13(16)17)10(8)7-5-2-6-14-11(7)12/h1-6H,(H,16,17).